The number of para-hydroxylation sites is 1. The largest absolute Gasteiger partial charge is 0.320 e. The van der Waals surface area contributed by atoms with E-state index in [1.807, 2.05) is 24.3 Å². The number of rotatable bonds is 5. The van der Waals surface area contributed by atoms with Gasteiger partial charge in [-0.15, -0.1) is 0 Å². The molecule has 3 rings (SSSR count). The SMILES string of the molecule is CCNS(=O)(=O)c1ccc(F)c(C(=O)Nc2cnc3ccccc3c2)c1. The first-order valence-corrected chi connectivity index (χ1v) is 9.34. The Kier molecular flexibility index (Phi) is 4.97. The van der Waals surface area contributed by atoms with E-state index in [4.69, 9.17) is 0 Å². The lowest BCUT2D eigenvalue weighted by atomic mass is 10.2. The monoisotopic (exact) mass is 373 g/mol. The summed E-state index contributed by atoms with van der Waals surface area (Å²) in [5.41, 5.74) is 0.778. The summed E-state index contributed by atoms with van der Waals surface area (Å²) in [5, 5.41) is 3.36. The number of fused-ring (bicyclic) bond motifs is 1. The maximum absolute atomic E-state index is 14.1. The van der Waals surface area contributed by atoms with Crippen LogP contribution in [0.3, 0.4) is 0 Å². The Morgan fingerprint density at radius 2 is 1.92 bits per heavy atom. The van der Waals surface area contributed by atoms with E-state index in [9.17, 15) is 17.6 Å². The molecule has 8 heteroatoms. The van der Waals surface area contributed by atoms with Gasteiger partial charge in [0, 0.05) is 11.9 Å². The maximum atomic E-state index is 14.1. The molecule has 0 saturated heterocycles. The second-order valence-corrected chi connectivity index (χ2v) is 7.28. The van der Waals surface area contributed by atoms with Crippen LogP contribution in [0.1, 0.15) is 17.3 Å². The highest BCUT2D eigenvalue weighted by Crippen LogP contribution is 2.19. The number of carbonyl (C=O) groups excluding carboxylic acids is 1. The molecular formula is C18H16FN3O3S. The highest BCUT2D eigenvalue weighted by Gasteiger charge is 2.19. The summed E-state index contributed by atoms with van der Waals surface area (Å²) in [6, 6.07) is 12.1. The van der Waals surface area contributed by atoms with Gasteiger partial charge in [-0.1, -0.05) is 25.1 Å². The molecule has 0 spiro atoms. The fourth-order valence-electron chi connectivity index (χ4n) is 2.46. The third kappa shape index (κ3) is 3.71. The molecule has 0 aliphatic rings. The van der Waals surface area contributed by atoms with Crippen LogP contribution in [0.5, 0.6) is 0 Å². The number of amides is 1. The van der Waals surface area contributed by atoms with Crippen molar-refractivity contribution in [1.29, 1.82) is 0 Å². The van der Waals surface area contributed by atoms with Crippen LogP contribution < -0.4 is 10.0 Å². The highest BCUT2D eigenvalue weighted by molar-refractivity contribution is 7.89. The fraction of sp³-hybridized carbons (Fsp3) is 0.111. The van der Waals surface area contributed by atoms with E-state index in [1.165, 1.54) is 6.20 Å². The summed E-state index contributed by atoms with van der Waals surface area (Å²) >= 11 is 0. The minimum atomic E-state index is -3.79. The van der Waals surface area contributed by atoms with Gasteiger partial charge in [0.1, 0.15) is 5.82 Å². The van der Waals surface area contributed by atoms with Crippen molar-refractivity contribution >= 4 is 32.5 Å². The Balaban J connectivity index is 1.91. The summed E-state index contributed by atoms with van der Waals surface area (Å²) in [6.07, 6.45) is 1.46. The van der Waals surface area contributed by atoms with Crippen molar-refractivity contribution in [1.82, 2.24) is 9.71 Å². The average molecular weight is 373 g/mol. The maximum Gasteiger partial charge on any atom is 0.258 e. The Bertz CT molecular complexity index is 1080. The second kappa shape index (κ2) is 7.19. The van der Waals surface area contributed by atoms with Crippen LogP contribution in [-0.4, -0.2) is 25.9 Å². The summed E-state index contributed by atoms with van der Waals surface area (Å²) in [6.45, 7) is 1.81. The summed E-state index contributed by atoms with van der Waals surface area (Å²) in [5.74, 6) is -1.57. The van der Waals surface area contributed by atoms with Crippen LogP contribution in [0.25, 0.3) is 10.9 Å². The van der Waals surface area contributed by atoms with E-state index in [0.717, 1.165) is 29.1 Å². The Labute approximate surface area is 150 Å². The molecule has 0 aliphatic heterocycles. The van der Waals surface area contributed by atoms with Gasteiger partial charge in [-0.25, -0.2) is 17.5 Å². The Morgan fingerprint density at radius 1 is 1.15 bits per heavy atom. The standard InChI is InChI=1S/C18H16FN3O3S/c1-2-21-26(24,25)14-7-8-16(19)15(10-14)18(23)22-13-9-12-5-3-4-6-17(12)20-11-13/h3-11,21H,2H2,1H3,(H,22,23). The van der Waals surface area contributed by atoms with Crippen LogP contribution in [0.15, 0.2) is 59.6 Å². The minimum absolute atomic E-state index is 0.178. The number of nitrogens with one attached hydrogen (secondary N) is 2. The van der Waals surface area contributed by atoms with Crippen molar-refractivity contribution in [3.63, 3.8) is 0 Å². The predicted octanol–water partition coefficient (Wildman–Crippen LogP) is 2.92. The molecule has 1 aromatic heterocycles. The van der Waals surface area contributed by atoms with Gasteiger partial charge >= 0.3 is 0 Å². The van der Waals surface area contributed by atoms with Crippen molar-refractivity contribution < 1.29 is 17.6 Å². The molecule has 2 aromatic carbocycles. The van der Waals surface area contributed by atoms with E-state index >= 15 is 0 Å². The minimum Gasteiger partial charge on any atom is -0.320 e. The zero-order valence-electron chi connectivity index (χ0n) is 13.9. The van der Waals surface area contributed by atoms with Gasteiger partial charge in [-0.3, -0.25) is 9.78 Å². The first-order valence-electron chi connectivity index (χ1n) is 7.86. The van der Waals surface area contributed by atoms with Crippen LogP contribution in [0.4, 0.5) is 10.1 Å². The molecule has 0 fully saturated rings. The number of sulfonamides is 1. The molecule has 0 radical (unpaired) electrons. The van der Waals surface area contributed by atoms with Crippen molar-refractivity contribution in [2.75, 3.05) is 11.9 Å². The number of hydrogen-bond donors (Lipinski definition) is 2. The van der Waals surface area contributed by atoms with E-state index < -0.39 is 21.7 Å². The lowest BCUT2D eigenvalue weighted by Crippen LogP contribution is -2.24. The number of benzene rings is 2. The average Bonchev–Trinajstić information content (AvgIpc) is 2.61. The summed E-state index contributed by atoms with van der Waals surface area (Å²) < 4.78 is 40.5. The molecule has 2 N–H and O–H groups in total. The third-order valence-corrected chi connectivity index (χ3v) is 5.22. The van der Waals surface area contributed by atoms with E-state index in [1.54, 1.807) is 13.0 Å². The molecule has 1 amide bonds. The Morgan fingerprint density at radius 3 is 2.69 bits per heavy atom. The van der Waals surface area contributed by atoms with Crippen LogP contribution >= 0.6 is 0 Å². The van der Waals surface area contributed by atoms with Crippen molar-refractivity contribution in [2.24, 2.45) is 0 Å². The van der Waals surface area contributed by atoms with Crippen LogP contribution in [0, 0.1) is 5.82 Å². The number of halogens is 1. The van der Waals surface area contributed by atoms with E-state index in [0.29, 0.717) is 5.69 Å². The third-order valence-electron chi connectivity index (χ3n) is 3.68. The molecule has 0 bridgehead atoms. The van der Waals surface area contributed by atoms with Gasteiger partial charge in [0.05, 0.1) is 27.9 Å². The van der Waals surface area contributed by atoms with Gasteiger partial charge in [-0.2, -0.15) is 0 Å². The van der Waals surface area contributed by atoms with Gasteiger partial charge in [0.15, 0.2) is 0 Å². The fourth-order valence-corrected chi connectivity index (χ4v) is 3.52. The van der Waals surface area contributed by atoms with Crippen LogP contribution in [0.2, 0.25) is 0 Å². The normalized spacial score (nSPS) is 11.5. The molecule has 0 aliphatic carbocycles. The molecule has 134 valence electrons. The van der Waals surface area contributed by atoms with Gasteiger partial charge in [0.2, 0.25) is 10.0 Å². The molecule has 0 saturated carbocycles. The number of carbonyl (C=O) groups is 1. The molecule has 26 heavy (non-hydrogen) atoms. The zero-order chi connectivity index (χ0) is 18.7. The zero-order valence-corrected chi connectivity index (χ0v) is 14.7. The highest BCUT2D eigenvalue weighted by atomic mass is 32.2. The number of aromatic nitrogens is 1. The number of nitrogens with zero attached hydrogens (tertiary/aromatic N) is 1. The van der Waals surface area contributed by atoms with E-state index in [2.05, 4.69) is 15.0 Å². The van der Waals surface area contributed by atoms with Crippen molar-refractivity contribution in [2.45, 2.75) is 11.8 Å². The van der Waals surface area contributed by atoms with E-state index in [-0.39, 0.29) is 17.0 Å². The molecule has 3 aromatic rings. The number of anilines is 1. The quantitative estimate of drug-likeness (QED) is 0.720. The lowest BCUT2D eigenvalue weighted by Gasteiger charge is -2.09. The van der Waals surface area contributed by atoms with Gasteiger partial charge < -0.3 is 5.32 Å². The lowest BCUT2D eigenvalue weighted by molar-refractivity contribution is 0.102. The van der Waals surface area contributed by atoms with Crippen LogP contribution in [-0.2, 0) is 10.0 Å². The molecule has 1 heterocycles. The molecule has 6 nitrogen and oxygen atoms in total. The summed E-state index contributed by atoms with van der Waals surface area (Å²) in [4.78, 5) is 16.5. The van der Waals surface area contributed by atoms with Crippen molar-refractivity contribution in [3.8, 4) is 0 Å². The molecule has 0 unspecified atom stereocenters. The Hall–Kier alpha value is -2.84. The molecular weight excluding hydrogens is 357 g/mol. The number of hydrogen-bond acceptors (Lipinski definition) is 4. The predicted molar refractivity (Wildman–Crippen MR) is 97.0 cm³/mol. The molecule has 0 atom stereocenters. The first-order chi connectivity index (χ1) is 12.4. The van der Waals surface area contributed by atoms with Gasteiger partial charge in [-0.05, 0) is 30.3 Å². The second-order valence-electron chi connectivity index (χ2n) is 5.51. The summed E-state index contributed by atoms with van der Waals surface area (Å²) in [7, 11) is -3.79. The first kappa shape index (κ1) is 18.0. The van der Waals surface area contributed by atoms with Crippen molar-refractivity contribution in [3.05, 3.63) is 66.1 Å². The topological polar surface area (TPSA) is 88.2 Å². The van der Waals surface area contributed by atoms with Gasteiger partial charge in [0.25, 0.3) is 5.91 Å². The smallest absolute Gasteiger partial charge is 0.258 e. The number of pyridine rings is 1.